The summed E-state index contributed by atoms with van der Waals surface area (Å²) < 4.78 is 5.32. The van der Waals surface area contributed by atoms with Crippen LogP contribution in [0.3, 0.4) is 0 Å². The molecule has 3 aromatic carbocycles. The van der Waals surface area contributed by atoms with Gasteiger partial charge in [0.1, 0.15) is 18.3 Å². The van der Waals surface area contributed by atoms with E-state index in [4.69, 9.17) is 4.74 Å². The third-order valence-corrected chi connectivity index (χ3v) is 5.89. The van der Waals surface area contributed by atoms with Crippen molar-refractivity contribution >= 4 is 34.8 Å². The number of carbonyl (C=O) groups excluding carboxylic acids is 3. The highest BCUT2D eigenvalue weighted by atomic mass is 16.5. The maximum Gasteiger partial charge on any atom is 0.320 e. The van der Waals surface area contributed by atoms with Gasteiger partial charge in [0.05, 0.1) is 18.5 Å². The van der Waals surface area contributed by atoms with Crippen molar-refractivity contribution in [2.75, 3.05) is 23.9 Å². The Morgan fingerprint density at radius 1 is 0.921 bits per heavy atom. The molecular weight excluding hydrogens is 480 g/mol. The Bertz CT molecular complexity index is 1360. The lowest BCUT2D eigenvalue weighted by Gasteiger charge is -2.28. The van der Waals surface area contributed by atoms with Crippen LogP contribution >= 0.6 is 0 Å². The van der Waals surface area contributed by atoms with E-state index in [9.17, 15) is 14.4 Å². The quantitative estimate of drug-likeness (QED) is 0.450. The van der Waals surface area contributed by atoms with Crippen molar-refractivity contribution in [3.05, 3.63) is 96.1 Å². The van der Waals surface area contributed by atoms with Crippen LogP contribution < -0.4 is 25.6 Å². The summed E-state index contributed by atoms with van der Waals surface area (Å²) in [7, 11) is 1.51. The van der Waals surface area contributed by atoms with Crippen LogP contribution in [0.2, 0.25) is 0 Å². The molecule has 1 aliphatic rings. The van der Waals surface area contributed by atoms with Gasteiger partial charge in [-0.1, -0.05) is 60.7 Å². The van der Waals surface area contributed by atoms with E-state index < -0.39 is 23.5 Å². The van der Waals surface area contributed by atoms with Crippen molar-refractivity contribution in [3.8, 4) is 5.75 Å². The molecule has 0 bridgehead atoms. The smallest absolute Gasteiger partial charge is 0.320 e. The number of nitrogens with one attached hydrogen (secondary N) is 3. The van der Waals surface area contributed by atoms with Gasteiger partial charge >= 0.3 is 6.03 Å². The molecule has 4 amide bonds. The summed E-state index contributed by atoms with van der Waals surface area (Å²) in [5, 5.41) is 8.47. The normalized spacial score (nSPS) is 15.1. The van der Waals surface area contributed by atoms with Crippen LogP contribution in [0.4, 0.5) is 16.2 Å². The first-order valence-electron chi connectivity index (χ1n) is 12.4. The van der Waals surface area contributed by atoms with E-state index in [0.29, 0.717) is 17.1 Å². The van der Waals surface area contributed by atoms with Crippen LogP contribution in [-0.2, 0) is 9.59 Å². The minimum absolute atomic E-state index is 0.199. The number of urea groups is 1. The molecule has 0 aromatic heterocycles. The van der Waals surface area contributed by atoms with Crippen LogP contribution in [0.25, 0.3) is 5.57 Å². The fourth-order valence-electron chi connectivity index (χ4n) is 4.34. The van der Waals surface area contributed by atoms with Gasteiger partial charge in [0.25, 0.3) is 5.91 Å². The number of amides is 4. The molecule has 1 atom stereocenters. The molecule has 4 rings (SSSR count). The first-order valence-corrected chi connectivity index (χ1v) is 12.4. The minimum Gasteiger partial charge on any atom is -0.495 e. The third kappa shape index (κ3) is 6.21. The van der Waals surface area contributed by atoms with E-state index in [-0.39, 0.29) is 12.5 Å². The van der Waals surface area contributed by atoms with Crippen LogP contribution in [0.15, 0.2) is 84.9 Å². The Kier molecular flexibility index (Phi) is 7.81. The van der Waals surface area contributed by atoms with Crippen LogP contribution in [0.5, 0.6) is 5.75 Å². The van der Waals surface area contributed by atoms with E-state index in [1.807, 2.05) is 75.4 Å². The lowest BCUT2D eigenvalue weighted by atomic mass is 9.95. The maximum atomic E-state index is 13.9. The number of ether oxygens (including phenoxy) is 1. The standard InChI is InChI=1S/C30H32N4O4/c1-30(2,3)33-27(35)19-34-25-16-10-8-14-21(25)22(20-12-6-5-7-13-20)18-24(28(34)36)32-29(37)31-23-15-9-11-17-26(23)38-4/h5-18,24H,19H2,1-4H3,(H,33,35)(H2,31,32,37). The Hall–Kier alpha value is -4.59. The van der Waals surface area contributed by atoms with Crippen molar-refractivity contribution in [1.82, 2.24) is 10.6 Å². The van der Waals surface area contributed by atoms with Crippen LogP contribution in [0, 0.1) is 0 Å². The number of methoxy groups -OCH3 is 1. The molecule has 0 saturated carbocycles. The summed E-state index contributed by atoms with van der Waals surface area (Å²) in [5.74, 6) is -0.244. The summed E-state index contributed by atoms with van der Waals surface area (Å²) in [4.78, 5) is 41.4. The predicted molar refractivity (Wildman–Crippen MR) is 149 cm³/mol. The average molecular weight is 513 g/mol. The highest BCUT2D eigenvalue weighted by Crippen LogP contribution is 2.35. The summed E-state index contributed by atoms with van der Waals surface area (Å²) in [6, 6.07) is 22.4. The van der Waals surface area contributed by atoms with E-state index in [1.165, 1.54) is 12.0 Å². The Balaban J connectivity index is 1.73. The Labute approximate surface area is 222 Å². The molecule has 0 spiro atoms. The molecule has 1 heterocycles. The third-order valence-electron chi connectivity index (χ3n) is 5.89. The van der Waals surface area contributed by atoms with E-state index in [0.717, 1.165) is 16.7 Å². The fourth-order valence-corrected chi connectivity index (χ4v) is 4.34. The highest BCUT2D eigenvalue weighted by Gasteiger charge is 2.33. The number of para-hydroxylation sites is 3. The summed E-state index contributed by atoms with van der Waals surface area (Å²) >= 11 is 0. The number of rotatable bonds is 6. The number of anilines is 2. The summed E-state index contributed by atoms with van der Waals surface area (Å²) in [6.07, 6.45) is 1.74. The Morgan fingerprint density at radius 3 is 2.29 bits per heavy atom. The number of benzene rings is 3. The SMILES string of the molecule is COc1ccccc1NC(=O)NC1C=C(c2ccccc2)c2ccccc2N(CC(=O)NC(C)(C)C)C1=O. The highest BCUT2D eigenvalue weighted by molar-refractivity contribution is 6.10. The molecular formula is C30H32N4O4. The molecule has 8 nitrogen and oxygen atoms in total. The molecule has 0 fully saturated rings. The van der Waals surface area contributed by atoms with Crippen LogP contribution in [0.1, 0.15) is 31.9 Å². The molecule has 0 saturated heterocycles. The van der Waals surface area contributed by atoms with Gasteiger partial charge in [-0.25, -0.2) is 4.79 Å². The monoisotopic (exact) mass is 512 g/mol. The van der Waals surface area contributed by atoms with Gasteiger partial charge in [-0.2, -0.15) is 0 Å². The molecule has 0 radical (unpaired) electrons. The van der Waals surface area contributed by atoms with Crippen molar-refractivity contribution < 1.29 is 19.1 Å². The average Bonchev–Trinajstić information content (AvgIpc) is 2.99. The molecule has 1 aliphatic heterocycles. The first kappa shape index (κ1) is 26.5. The second kappa shape index (κ2) is 11.2. The van der Waals surface area contributed by atoms with Gasteiger partial charge in [-0.05, 0) is 56.2 Å². The number of hydrogen-bond acceptors (Lipinski definition) is 4. The van der Waals surface area contributed by atoms with E-state index in [2.05, 4.69) is 16.0 Å². The van der Waals surface area contributed by atoms with Crippen molar-refractivity contribution in [2.24, 2.45) is 0 Å². The van der Waals surface area contributed by atoms with Gasteiger partial charge in [-0.15, -0.1) is 0 Å². The number of hydrogen-bond donors (Lipinski definition) is 3. The van der Waals surface area contributed by atoms with Gasteiger partial charge in [0.15, 0.2) is 0 Å². The zero-order valence-corrected chi connectivity index (χ0v) is 21.9. The second-order valence-electron chi connectivity index (χ2n) is 9.96. The zero-order valence-electron chi connectivity index (χ0n) is 21.9. The molecule has 1 unspecified atom stereocenters. The largest absolute Gasteiger partial charge is 0.495 e. The molecule has 0 aliphatic carbocycles. The molecule has 38 heavy (non-hydrogen) atoms. The maximum absolute atomic E-state index is 13.9. The first-order chi connectivity index (χ1) is 18.2. The lowest BCUT2D eigenvalue weighted by Crippen LogP contribution is -2.52. The van der Waals surface area contributed by atoms with Crippen molar-refractivity contribution in [1.29, 1.82) is 0 Å². The van der Waals surface area contributed by atoms with Crippen LogP contribution in [-0.4, -0.2) is 43.1 Å². The molecule has 8 heteroatoms. The van der Waals surface area contributed by atoms with Gasteiger partial charge < -0.3 is 25.6 Å². The number of carbonyl (C=O) groups is 3. The van der Waals surface area contributed by atoms with E-state index in [1.54, 1.807) is 30.3 Å². The second-order valence-corrected chi connectivity index (χ2v) is 9.96. The van der Waals surface area contributed by atoms with Gasteiger partial charge in [-0.3, -0.25) is 9.59 Å². The molecule has 3 aromatic rings. The number of nitrogens with zero attached hydrogens (tertiary/aromatic N) is 1. The number of fused-ring (bicyclic) bond motifs is 1. The topological polar surface area (TPSA) is 99.8 Å². The summed E-state index contributed by atoms with van der Waals surface area (Å²) in [6.45, 7) is 5.44. The van der Waals surface area contributed by atoms with Gasteiger partial charge in [0, 0.05) is 11.1 Å². The van der Waals surface area contributed by atoms with Crippen molar-refractivity contribution in [2.45, 2.75) is 32.4 Å². The molecule has 3 N–H and O–H groups in total. The molecule has 196 valence electrons. The summed E-state index contributed by atoms with van der Waals surface area (Å²) in [5.41, 5.74) is 3.02. The Morgan fingerprint density at radius 2 is 1.58 bits per heavy atom. The fraction of sp³-hybridized carbons (Fsp3) is 0.233. The van der Waals surface area contributed by atoms with E-state index >= 15 is 0 Å². The lowest BCUT2D eigenvalue weighted by molar-refractivity contribution is -0.125. The van der Waals surface area contributed by atoms with Crippen molar-refractivity contribution in [3.63, 3.8) is 0 Å². The van der Waals surface area contributed by atoms with Gasteiger partial charge in [0.2, 0.25) is 5.91 Å². The minimum atomic E-state index is -1.05. The zero-order chi connectivity index (χ0) is 27.3. The predicted octanol–water partition coefficient (Wildman–Crippen LogP) is 4.58.